The van der Waals surface area contributed by atoms with E-state index in [1.165, 1.54) is 11.3 Å². The maximum Gasteiger partial charge on any atom is 0.338 e. The number of carbonyl (C=O) groups is 1. The largest absolute Gasteiger partial charge is 0.478 e. The van der Waals surface area contributed by atoms with Gasteiger partial charge in [-0.15, -0.1) is 11.3 Å². The van der Waals surface area contributed by atoms with E-state index in [9.17, 15) is 4.79 Å². The van der Waals surface area contributed by atoms with Crippen molar-refractivity contribution >= 4 is 28.7 Å². The zero-order valence-corrected chi connectivity index (χ0v) is 7.97. The molecular formula is C8H10N2O2S. The first-order valence-electron chi connectivity index (χ1n) is 3.80. The lowest BCUT2D eigenvalue weighted by molar-refractivity contribution is -0.130. The fourth-order valence-electron chi connectivity index (χ4n) is 0.880. The molecule has 0 fully saturated rings. The molecule has 1 aromatic heterocycles. The number of thiazole rings is 1. The molecule has 4 nitrogen and oxygen atoms in total. The first-order chi connectivity index (χ1) is 6.15. The Bertz CT molecular complexity index is 344. The van der Waals surface area contributed by atoms with E-state index >= 15 is 0 Å². The fraction of sp³-hybridized carbons (Fsp3) is 0.250. The molecule has 0 aromatic carbocycles. The van der Waals surface area contributed by atoms with Gasteiger partial charge in [0.1, 0.15) is 10.8 Å². The highest BCUT2D eigenvalue weighted by atomic mass is 32.1. The molecule has 70 valence electrons. The normalized spacial score (nSPS) is 11.6. The zero-order chi connectivity index (χ0) is 9.84. The number of anilines is 1. The number of nitrogen functional groups attached to an aromatic ring is 1. The van der Waals surface area contributed by atoms with Crippen molar-refractivity contribution < 1.29 is 9.90 Å². The second-order valence-corrected chi connectivity index (χ2v) is 3.27. The monoisotopic (exact) mass is 198 g/mol. The molecule has 1 rings (SSSR count). The van der Waals surface area contributed by atoms with Crippen LogP contribution in [0.15, 0.2) is 11.5 Å². The van der Waals surface area contributed by atoms with E-state index in [1.54, 1.807) is 11.5 Å². The summed E-state index contributed by atoms with van der Waals surface area (Å²) in [5, 5.41) is 10.9. The molecule has 0 spiro atoms. The predicted molar refractivity (Wildman–Crippen MR) is 52.4 cm³/mol. The predicted octanol–water partition coefficient (Wildman–Crippen LogP) is 1.60. The SMILES string of the molecule is CC/C=C(/C(=O)O)c1nc(N)cs1. The van der Waals surface area contributed by atoms with Gasteiger partial charge in [0.2, 0.25) is 0 Å². The van der Waals surface area contributed by atoms with Crippen LogP contribution in [0.25, 0.3) is 5.57 Å². The molecule has 0 aliphatic heterocycles. The summed E-state index contributed by atoms with van der Waals surface area (Å²) in [6, 6.07) is 0. The zero-order valence-electron chi connectivity index (χ0n) is 7.15. The van der Waals surface area contributed by atoms with Gasteiger partial charge in [-0.2, -0.15) is 0 Å². The van der Waals surface area contributed by atoms with Gasteiger partial charge in [0.05, 0.1) is 5.57 Å². The molecule has 0 aliphatic carbocycles. The smallest absolute Gasteiger partial charge is 0.338 e. The Kier molecular flexibility index (Phi) is 3.02. The van der Waals surface area contributed by atoms with Crippen LogP contribution < -0.4 is 5.73 Å². The van der Waals surface area contributed by atoms with Gasteiger partial charge in [-0.05, 0) is 6.42 Å². The maximum atomic E-state index is 10.8. The van der Waals surface area contributed by atoms with Crippen molar-refractivity contribution in [2.24, 2.45) is 0 Å². The van der Waals surface area contributed by atoms with Crippen molar-refractivity contribution in [1.29, 1.82) is 0 Å². The Balaban J connectivity index is 3.02. The molecule has 0 atom stereocenters. The first kappa shape index (κ1) is 9.73. The average molecular weight is 198 g/mol. The number of nitrogens with two attached hydrogens (primary N) is 1. The van der Waals surface area contributed by atoms with E-state index in [0.717, 1.165) is 0 Å². The van der Waals surface area contributed by atoms with Crippen LogP contribution in [0.4, 0.5) is 5.82 Å². The van der Waals surface area contributed by atoms with Gasteiger partial charge < -0.3 is 10.8 Å². The summed E-state index contributed by atoms with van der Waals surface area (Å²) in [5.41, 5.74) is 5.62. The number of aliphatic carboxylic acids is 1. The van der Waals surface area contributed by atoms with Gasteiger partial charge in [0, 0.05) is 5.38 Å². The molecule has 0 bridgehead atoms. The number of allylic oxidation sites excluding steroid dienone is 1. The van der Waals surface area contributed by atoms with Crippen LogP contribution in [0.3, 0.4) is 0 Å². The van der Waals surface area contributed by atoms with E-state index in [2.05, 4.69) is 4.98 Å². The maximum absolute atomic E-state index is 10.8. The number of rotatable bonds is 3. The Morgan fingerprint density at radius 3 is 2.92 bits per heavy atom. The highest BCUT2D eigenvalue weighted by molar-refractivity contribution is 7.11. The van der Waals surface area contributed by atoms with Crippen molar-refractivity contribution in [3.8, 4) is 0 Å². The summed E-state index contributed by atoms with van der Waals surface area (Å²) in [6.07, 6.45) is 2.29. The molecule has 0 unspecified atom stereocenters. The minimum atomic E-state index is -0.962. The average Bonchev–Trinajstić information content (AvgIpc) is 2.46. The van der Waals surface area contributed by atoms with Crippen molar-refractivity contribution in [3.63, 3.8) is 0 Å². The van der Waals surface area contributed by atoms with E-state index in [0.29, 0.717) is 17.2 Å². The minimum absolute atomic E-state index is 0.226. The van der Waals surface area contributed by atoms with Gasteiger partial charge >= 0.3 is 5.97 Å². The van der Waals surface area contributed by atoms with Crippen molar-refractivity contribution in [3.05, 3.63) is 16.5 Å². The van der Waals surface area contributed by atoms with E-state index < -0.39 is 5.97 Å². The number of carboxylic acids is 1. The molecule has 3 N–H and O–H groups in total. The summed E-state index contributed by atoms with van der Waals surface area (Å²) in [7, 11) is 0. The topological polar surface area (TPSA) is 76.2 Å². The van der Waals surface area contributed by atoms with Crippen LogP contribution in [0, 0.1) is 0 Å². The molecule has 0 amide bonds. The molecular weight excluding hydrogens is 188 g/mol. The van der Waals surface area contributed by atoms with Gasteiger partial charge in [-0.3, -0.25) is 0 Å². The summed E-state index contributed by atoms with van der Waals surface area (Å²) in [4.78, 5) is 14.7. The second kappa shape index (κ2) is 4.04. The number of hydrogen-bond donors (Lipinski definition) is 2. The second-order valence-electron chi connectivity index (χ2n) is 2.41. The molecule has 1 heterocycles. The Labute approximate surface area is 79.7 Å². The third-order valence-corrected chi connectivity index (χ3v) is 2.28. The highest BCUT2D eigenvalue weighted by Crippen LogP contribution is 2.21. The summed E-state index contributed by atoms with van der Waals surface area (Å²) in [6.45, 7) is 1.87. The lowest BCUT2D eigenvalue weighted by atomic mass is 10.2. The van der Waals surface area contributed by atoms with Gasteiger partial charge in [0.15, 0.2) is 0 Å². The quantitative estimate of drug-likeness (QED) is 0.723. The molecule has 0 saturated carbocycles. The van der Waals surface area contributed by atoms with Crippen LogP contribution in [-0.2, 0) is 4.79 Å². The summed E-state index contributed by atoms with van der Waals surface area (Å²) >= 11 is 1.24. The standard InChI is InChI=1S/C8H10N2O2S/c1-2-3-5(8(11)12)7-10-6(9)4-13-7/h3-4H,2,9H2,1H3,(H,11,12)/b5-3+. The number of nitrogens with zero attached hydrogens (tertiary/aromatic N) is 1. The molecule has 5 heteroatoms. The van der Waals surface area contributed by atoms with E-state index in [-0.39, 0.29) is 5.57 Å². The van der Waals surface area contributed by atoms with Crippen LogP contribution in [0.5, 0.6) is 0 Å². The number of hydrogen-bond acceptors (Lipinski definition) is 4. The van der Waals surface area contributed by atoms with E-state index in [1.807, 2.05) is 6.92 Å². The Morgan fingerprint density at radius 2 is 2.54 bits per heavy atom. The van der Waals surface area contributed by atoms with Crippen molar-refractivity contribution in [2.45, 2.75) is 13.3 Å². The molecule has 1 aromatic rings. The van der Waals surface area contributed by atoms with E-state index in [4.69, 9.17) is 10.8 Å². The summed E-state index contributed by atoms with van der Waals surface area (Å²) < 4.78 is 0. The van der Waals surface area contributed by atoms with Gasteiger partial charge in [-0.25, -0.2) is 9.78 Å². The molecule has 0 radical (unpaired) electrons. The summed E-state index contributed by atoms with van der Waals surface area (Å²) in [5.74, 6) is -0.598. The van der Waals surface area contributed by atoms with Crippen LogP contribution in [0.1, 0.15) is 18.4 Å². The minimum Gasteiger partial charge on any atom is -0.478 e. The molecule has 13 heavy (non-hydrogen) atoms. The highest BCUT2D eigenvalue weighted by Gasteiger charge is 2.12. The lowest BCUT2D eigenvalue weighted by Gasteiger charge is -1.95. The van der Waals surface area contributed by atoms with Crippen LogP contribution in [0.2, 0.25) is 0 Å². The number of aromatic nitrogens is 1. The molecule has 0 saturated heterocycles. The van der Waals surface area contributed by atoms with Gasteiger partial charge in [-0.1, -0.05) is 13.0 Å². The van der Waals surface area contributed by atoms with Crippen molar-refractivity contribution in [2.75, 3.05) is 5.73 Å². The third-order valence-electron chi connectivity index (χ3n) is 1.39. The lowest BCUT2D eigenvalue weighted by Crippen LogP contribution is -1.99. The fourth-order valence-corrected chi connectivity index (χ4v) is 1.62. The van der Waals surface area contributed by atoms with Crippen LogP contribution >= 0.6 is 11.3 Å². The van der Waals surface area contributed by atoms with Gasteiger partial charge in [0.25, 0.3) is 0 Å². The van der Waals surface area contributed by atoms with Crippen LogP contribution in [-0.4, -0.2) is 16.1 Å². The Morgan fingerprint density at radius 1 is 1.85 bits per heavy atom. The molecule has 0 aliphatic rings. The Hall–Kier alpha value is -1.36. The first-order valence-corrected chi connectivity index (χ1v) is 4.68. The number of carboxylic acid groups (broad SMARTS) is 1. The van der Waals surface area contributed by atoms with Crippen molar-refractivity contribution in [1.82, 2.24) is 4.98 Å². The third kappa shape index (κ3) is 2.29.